The summed E-state index contributed by atoms with van der Waals surface area (Å²) in [5.41, 5.74) is 0.780. The van der Waals surface area contributed by atoms with Crippen LogP contribution in [0.3, 0.4) is 0 Å². The van der Waals surface area contributed by atoms with Gasteiger partial charge in [-0.2, -0.15) is 0 Å². The Labute approximate surface area is 93.6 Å². The molecule has 1 fully saturated rings. The number of benzene rings is 1. The van der Waals surface area contributed by atoms with Crippen LogP contribution in [-0.4, -0.2) is 20.2 Å². The molecule has 4 heteroatoms. The highest BCUT2D eigenvalue weighted by atomic mass is 19.2. The zero-order chi connectivity index (χ0) is 11.5. The third kappa shape index (κ3) is 2.16. The summed E-state index contributed by atoms with van der Waals surface area (Å²) in [5.74, 6) is -0.944. The molecule has 0 spiro atoms. The molecule has 0 aromatic heterocycles. The molecule has 0 unspecified atom stereocenters. The van der Waals surface area contributed by atoms with Gasteiger partial charge in [-0.3, -0.25) is 0 Å². The Kier molecular flexibility index (Phi) is 3.39. The lowest BCUT2D eigenvalue weighted by atomic mass is 9.89. The van der Waals surface area contributed by atoms with Gasteiger partial charge in [0.2, 0.25) is 0 Å². The summed E-state index contributed by atoms with van der Waals surface area (Å²) in [7, 11) is 1.48. The number of ether oxygens (including phenoxy) is 1. The highest BCUT2D eigenvalue weighted by molar-refractivity contribution is 5.37. The van der Waals surface area contributed by atoms with E-state index < -0.39 is 11.6 Å². The third-order valence-electron chi connectivity index (χ3n) is 3.05. The number of methoxy groups -OCH3 is 1. The lowest BCUT2D eigenvalue weighted by Gasteiger charge is -2.24. The van der Waals surface area contributed by atoms with E-state index in [2.05, 4.69) is 5.32 Å². The van der Waals surface area contributed by atoms with E-state index in [1.54, 1.807) is 0 Å². The number of rotatable bonds is 2. The summed E-state index contributed by atoms with van der Waals surface area (Å²) in [6, 6.07) is 2.40. The van der Waals surface area contributed by atoms with Crippen molar-refractivity contribution in [2.75, 3.05) is 20.2 Å². The van der Waals surface area contributed by atoms with Gasteiger partial charge in [0.25, 0.3) is 0 Å². The third-order valence-corrected chi connectivity index (χ3v) is 3.05. The monoisotopic (exact) mass is 227 g/mol. The summed E-state index contributed by atoms with van der Waals surface area (Å²) in [6.07, 6.45) is 1.86. The summed E-state index contributed by atoms with van der Waals surface area (Å²) in [5, 5.41) is 3.24. The van der Waals surface area contributed by atoms with Crippen molar-refractivity contribution in [2.24, 2.45) is 0 Å². The van der Waals surface area contributed by atoms with Gasteiger partial charge in [0.05, 0.1) is 7.11 Å². The molecule has 0 amide bonds. The summed E-state index contributed by atoms with van der Waals surface area (Å²) < 4.78 is 31.4. The molecule has 0 atom stereocenters. The second-order valence-electron chi connectivity index (χ2n) is 4.03. The molecule has 1 saturated heterocycles. The van der Waals surface area contributed by atoms with Crippen LogP contribution in [-0.2, 0) is 0 Å². The SMILES string of the molecule is COc1cc(F)c(F)cc1C1CCNCC1. The first-order valence-electron chi connectivity index (χ1n) is 5.46. The molecule has 2 rings (SSSR count). The van der Waals surface area contributed by atoms with Gasteiger partial charge < -0.3 is 10.1 Å². The van der Waals surface area contributed by atoms with Crippen molar-refractivity contribution >= 4 is 0 Å². The van der Waals surface area contributed by atoms with Gasteiger partial charge >= 0.3 is 0 Å². The van der Waals surface area contributed by atoms with E-state index in [9.17, 15) is 8.78 Å². The maximum absolute atomic E-state index is 13.2. The highest BCUT2D eigenvalue weighted by Crippen LogP contribution is 2.33. The second kappa shape index (κ2) is 4.78. The van der Waals surface area contributed by atoms with Crippen LogP contribution in [0.1, 0.15) is 24.3 Å². The lowest BCUT2D eigenvalue weighted by Crippen LogP contribution is -2.26. The number of hydrogen-bond acceptors (Lipinski definition) is 2. The normalized spacial score (nSPS) is 17.4. The van der Waals surface area contributed by atoms with Crippen LogP contribution in [0.2, 0.25) is 0 Å². The van der Waals surface area contributed by atoms with Gasteiger partial charge in [0.15, 0.2) is 11.6 Å². The minimum atomic E-state index is -0.852. The molecule has 1 aromatic rings. The first-order chi connectivity index (χ1) is 7.72. The van der Waals surface area contributed by atoms with Crippen molar-refractivity contribution in [2.45, 2.75) is 18.8 Å². The predicted molar refractivity (Wildman–Crippen MR) is 57.8 cm³/mol. The lowest BCUT2D eigenvalue weighted by molar-refractivity contribution is 0.383. The second-order valence-corrected chi connectivity index (χ2v) is 4.03. The van der Waals surface area contributed by atoms with Crippen LogP contribution in [0.4, 0.5) is 8.78 Å². The van der Waals surface area contributed by atoms with Crippen LogP contribution in [0.15, 0.2) is 12.1 Å². The predicted octanol–water partition coefficient (Wildman–Crippen LogP) is 2.44. The summed E-state index contributed by atoms with van der Waals surface area (Å²) in [4.78, 5) is 0. The average molecular weight is 227 g/mol. The molecule has 0 aliphatic carbocycles. The Morgan fingerprint density at radius 1 is 1.19 bits per heavy atom. The minimum Gasteiger partial charge on any atom is -0.496 e. The molecule has 1 aliphatic heterocycles. The van der Waals surface area contributed by atoms with Gasteiger partial charge in [0, 0.05) is 11.6 Å². The van der Waals surface area contributed by atoms with Crippen molar-refractivity contribution in [3.05, 3.63) is 29.3 Å². The zero-order valence-corrected chi connectivity index (χ0v) is 9.22. The molecule has 0 saturated carbocycles. The fourth-order valence-corrected chi connectivity index (χ4v) is 2.17. The maximum atomic E-state index is 13.2. The van der Waals surface area contributed by atoms with Crippen LogP contribution in [0.5, 0.6) is 5.75 Å². The van der Waals surface area contributed by atoms with Crippen molar-refractivity contribution in [3.63, 3.8) is 0 Å². The molecule has 88 valence electrons. The molecule has 1 aromatic carbocycles. The first-order valence-corrected chi connectivity index (χ1v) is 5.46. The highest BCUT2D eigenvalue weighted by Gasteiger charge is 2.21. The molecule has 16 heavy (non-hydrogen) atoms. The molecule has 1 heterocycles. The number of halogens is 2. The van der Waals surface area contributed by atoms with Gasteiger partial charge in [-0.1, -0.05) is 0 Å². The van der Waals surface area contributed by atoms with E-state index in [1.165, 1.54) is 13.2 Å². The summed E-state index contributed by atoms with van der Waals surface area (Å²) >= 11 is 0. The van der Waals surface area contributed by atoms with E-state index in [-0.39, 0.29) is 5.92 Å². The molecular formula is C12H15F2NO. The standard InChI is InChI=1S/C12H15F2NO/c1-16-12-7-11(14)10(13)6-9(12)8-2-4-15-5-3-8/h6-8,15H,2-5H2,1H3. The van der Waals surface area contributed by atoms with Crippen molar-refractivity contribution in [1.82, 2.24) is 5.32 Å². The van der Waals surface area contributed by atoms with Gasteiger partial charge in [-0.05, 0) is 37.9 Å². The van der Waals surface area contributed by atoms with E-state index >= 15 is 0 Å². The van der Waals surface area contributed by atoms with Crippen LogP contribution >= 0.6 is 0 Å². The molecule has 1 aliphatic rings. The number of piperidine rings is 1. The quantitative estimate of drug-likeness (QED) is 0.837. The van der Waals surface area contributed by atoms with E-state index in [0.29, 0.717) is 5.75 Å². The molecule has 2 nitrogen and oxygen atoms in total. The minimum absolute atomic E-state index is 0.256. The fraction of sp³-hybridized carbons (Fsp3) is 0.500. The average Bonchev–Trinajstić information content (AvgIpc) is 2.33. The Morgan fingerprint density at radius 3 is 2.44 bits per heavy atom. The van der Waals surface area contributed by atoms with Gasteiger partial charge in [0.1, 0.15) is 5.75 Å². The number of nitrogens with one attached hydrogen (secondary N) is 1. The van der Waals surface area contributed by atoms with Gasteiger partial charge in [-0.15, -0.1) is 0 Å². The van der Waals surface area contributed by atoms with E-state index in [1.807, 2.05) is 0 Å². The topological polar surface area (TPSA) is 21.3 Å². The van der Waals surface area contributed by atoms with E-state index in [4.69, 9.17) is 4.74 Å². The van der Waals surface area contributed by atoms with Crippen LogP contribution in [0.25, 0.3) is 0 Å². The largest absolute Gasteiger partial charge is 0.496 e. The zero-order valence-electron chi connectivity index (χ0n) is 9.22. The maximum Gasteiger partial charge on any atom is 0.162 e. The summed E-state index contributed by atoms with van der Waals surface area (Å²) in [6.45, 7) is 1.82. The molecule has 0 radical (unpaired) electrons. The Bertz CT molecular complexity index is 376. The molecular weight excluding hydrogens is 212 g/mol. The van der Waals surface area contributed by atoms with Crippen LogP contribution in [0, 0.1) is 11.6 Å². The van der Waals surface area contributed by atoms with Crippen molar-refractivity contribution in [1.29, 1.82) is 0 Å². The first kappa shape index (κ1) is 11.3. The fourth-order valence-electron chi connectivity index (χ4n) is 2.17. The molecule has 1 N–H and O–H groups in total. The van der Waals surface area contributed by atoms with Crippen molar-refractivity contribution in [3.8, 4) is 5.75 Å². The Morgan fingerprint density at radius 2 is 1.81 bits per heavy atom. The number of hydrogen-bond donors (Lipinski definition) is 1. The Balaban J connectivity index is 2.33. The smallest absolute Gasteiger partial charge is 0.162 e. The van der Waals surface area contributed by atoms with Gasteiger partial charge in [-0.25, -0.2) is 8.78 Å². The molecule has 0 bridgehead atoms. The Hall–Kier alpha value is -1.16. The van der Waals surface area contributed by atoms with Crippen molar-refractivity contribution < 1.29 is 13.5 Å². The van der Waals surface area contributed by atoms with E-state index in [0.717, 1.165) is 37.6 Å². The van der Waals surface area contributed by atoms with Crippen LogP contribution < -0.4 is 10.1 Å².